The molecule has 2 rings (SSSR count). The molecule has 0 fully saturated rings. The Hall–Kier alpha value is -1.94. The molecule has 0 spiro atoms. The fraction of sp³-hybridized carbons (Fsp3) is 0.412. The van der Waals surface area contributed by atoms with Crippen molar-refractivity contribution in [3.8, 4) is 11.4 Å². The van der Waals surface area contributed by atoms with Gasteiger partial charge in [-0.3, -0.25) is 4.79 Å². The molecule has 2 aromatic rings. The van der Waals surface area contributed by atoms with Gasteiger partial charge in [0.05, 0.1) is 5.69 Å². The lowest BCUT2D eigenvalue weighted by Gasteiger charge is -2.09. The molecule has 0 unspecified atom stereocenters. The summed E-state index contributed by atoms with van der Waals surface area (Å²) >= 11 is 0. The summed E-state index contributed by atoms with van der Waals surface area (Å²) in [5, 5.41) is 3.28. The standard InChI is InChI=1S/C17H23N3O/c1-11(2)13-5-7-14(8-6-13)17-19-15(9-16(21)20-17)10-18-12(3)4/h5-9,11-12,18H,10H2,1-4H3,(H,19,20,21). The van der Waals surface area contributed by atoms with E-state index in [0.29, 0.717) is 24.3 Å². The van der Waals surface area contributed by atoms with Crippen LogP contribution in [0.4, 0.5) is 0 Å². The van der Waals surface area contributed by atoms with E-state index in [1.807, 2.05) is 12.1 Å². The van der Waals surface area contributed by atoms with E-state index in [1.165, 1.54) is 5.56 Å². The lowest BCUT2D eigenvalue weighted by molar-refractivity contribution is 0.580. The van der Waals surface area contributed by atoms with Crippen LogP contribution < -0.4 is 10.9 Å². The van der Waals surface area contributed by atoms with Crippen LogP contribution in [0, 0.1) is 0 Å². The Labute approximate surface area is 125 Å². The van der Waals surface area contributed by atoms with Gasteiger partial charge in [-0.15, -0.1) is 0 Å². The second-order valence-corrected chi connectivity index (χ2v) is 5.90. The third kappa shape index (κ3) is 4.26. The molecule has 112 valence electrons. The zero-order valence-corrected chi connectivity index (χ0v) is 13.1. The van der Waals surface area contributed by atoms with Gasteiger partial charge in [-0.25, -0.2) is 4.98 Å². The van der Waals surface area contributed by atoms with Crippen LogP contribution >= 0.6 is 0 Å². The lowest BCUT2D eigenvalue weighted by atomic mass is 10.0. The van der Waals surface area contributed by atoms with Gasteiger partial charge < -0.3 is 10.3 Å². The lowest BCUT2D eigenvalue weighted by Crippen LogP contribution is -2.24. The van der Waals surface area contributed by atoms with Gasteiger partial charge in [-0.05, 0) is 11.5 Å². The summed E-state index contributed by atoms with van der Waals surface area (Å²) in [5.41, 5.74) is 2.85. The molecule has 0 saturated heterocycles. The van der Waals surface area contributed by atoms with Gasteiger partial charge in [0.15, 0.2) is 0 Å². The first kappa shape index (κ1) is 15.4. The number of hydrogen-bond acceptors (Lipinski definition) is 3. The Morgan fingerprint density at radius 3 is 2.38 bits per heavy atom. The Morgan fingerprint density at radius 1 is 1.14 bits per heavy atom. The molecule has 21 heavy (non-hydrogen) atoms. The number of hydrogen-bond donors (Lipinski definition) is 2. The van der Waals surface area contributed by atoms with Crippen molar-refractivity contribution in [1.29, 1.82) is 0 Å². The molecule has 2 N–H and O–H groups in total. The van der Waals surface area contributed by atoms with Crippen molar-refractivity contribution in [3.63, 3.8) is 0 Å². The highest BCUT2D eigenvalue weighted by Gasteiger charge is 2.06. The first-order chi connectivity index (χ1) is 9.95. The van der Waals surface area contributed by atoms with Crippen LogP contribution in [0.1, 0.15) is 44.9 Å². The maximum Gasteiger partial charge on any atom is 0.251 e. The second-order valence-electron chi connectivity index (χ2n) is 5.90. The predicted molar refractivity (Wildman–Crippen MR) is 86.4 cm³/mol. The highest BCUT2D eigenvalue weighted by atomic mass is 16.1. The summed E-state index contributed by atoms with van der Waals surface area (Å²) in [6, 6.07) is 10.1. The van der Waals surface area contributed by atoms with Gasteiger partial charge in [0.2, 0.25) is 0 Å². The predicted octanol–water partition coefficient (Wildman–Crippen LogP) is 3.06. The van der Waals surface area contributed by atoms with Crippen molar-refractivity contribution in [2.24, 2.45) is 0 Å². The van der Waals surface area contributed by atoms with Crippen molar-refractivity contribution < 1.29 is 0 Å². The van der Waals surface area contributed by atoms with Crippen molar-refractivity contribution >= 4 is 0 Å². The highest BCUT2D eigenvalue weighted by Crippen LogP contribution is 2.19. The third-order valence-corrected chi connectivity index (χ3v) is 3.34. The smallest absolute Gasteiger partial charge is 0.251 e. The zero-order valence-electron chi connectivity index (χ0n) is 13.1. The van der Waals surface area contributed by atoms with Gasteiger partial charge in [-0.2, -0.15) is 0 Å². The molecular weight excluding hydrogens is 262 g/mol. The summed E-state index contributed by atoms with van der Waals surface area (Å²) in [5.74, 6) is 1.12. The molecule has 0 bridgehead atoms. The molecule has 0 amide bonds. The highest BCUT2D eigenvalue weighted by molar-refractivity contribution is 5.55. The molecule has 1 aromatic heterocycles. The molecule has 0 saturated carbocycles. The minimum absolute atomic E-state index is 0.117. The van der Waals surface area contributed by atoms with E-state index in [2.05, 4.69) is 55.1 Å². The van der Waals surface area contributed by atoms with E-state index in [-0.39, 0.29) is 5.56 Å². The van der Waals surface area contributed by atoms with Gasteiger partial charge >= 0.3 is 0 Å². The van der Waals surface area contributed by atoms with Crippen molar-refractivity contribution in [2.45, 2.75) is 46.2 Å². The first-order valence-electron chi connectivity index (χ1n) is 7.39. The summed E-state index contributed by atoms with van der Waals surface area (Å²) < 4.78 is 0. The van der Waals surface area contributed by atoms with Gasteiger partial charge in [0.25, 0.3) is 5.56 Å². The molecule has 1 aromatic carbocycles. The van der Waals surface area contributed by atoms with Crippen LogP contribution in [0.3, 0.4) is 0 Å². The molecule has 0 atom stereocenters. The van der Waals surface area contributed by atoms with E-state index in [4.69, 9.17) is 0 Å². The van der Waals surface area contributed by atoms with Crippen molar-refractivity contribution in [2.75, 3.05) is 0 Å². The summed E-state index contributed by atoms with van der Waals surface area (Å²) in [4.78, 5) is 19.1. The van der Waals surface area contributed by atoms with E-state index >= 15 is 0 Å². The molecule has 0 aliphatic heterocycles. The molecule has 0 radical (unpaired) electrons. The fourth-order valence-electron chi connectivity index (χ4n) is 2.07. The average Bonchev–Trinajstić information content (AvgIpc) is 2.44. The van der Waals surface area contributed by atoms with E-state index in [0.717, 1.165) is 11.3 Å². The molecular formula is C17H23N3O. The van der Waals surface area contributed by atoms with E-state index in [9.17, 15) is 4.79 Å². The van der Waals surface area contributed by atoms with Gasteiger partial charge in [-0.1, -0.05) is 52.0 Å². The largest absolute Gasteiger partial charge is 0.309 e. The number of aromatic amines is 1. The van der Waals surface area contributed by atoms with Crippen LogP contribution in [0.2, 0.25) is 0 Å². The SMILES string of the molecule is CC(C)NCc1cc(=O)[nH]c(-c2ccc(C(C)C)cc2)n1. The Balaban J connectivity index is 2.28. The number of nitrogens with zero attached hydrogens (tertiary/aromatic N) is 1. The summed E-state index contributed by atoms with van der Waals surface area (Å²) in [6.45, 7) is 9.05. The Morgan fingerprint density at radius 2 is 1.81 bits per heavy atom. The first-order valence-corrected chi connectivity index (χ1v) is 7.39. The van der Waals surface area contributed by atoms with Crippen LogP contribution in [-0.4, -0.2) is 16.0 Å². The minimum atomic E-state index is -0.117. The van der Waals surface area contributed by atoms with Crippen LogP contribution in [0.15, 0.2) is 35.1 Å². The zero-order chi connectivity index (χ0) is 15.4. The number of aromatic nitrogens is 2. The minimum Gasteiger partial charge on any atom is -0.309 e. The Bertz CT molecular complexity index is 642. The molecule has 1 heterocycles. The number of H-pyrrole nitrogens is 1. The molecule has 0 aliphatic carbocycles. The third-order valence-electron chi connectivity index (χ3n) is 3.34. The Kier molecular flexibility index (Phi) is 4.91. The monoisotopic (exact) mass is 285 g/mol. The van der Waals surface area contributed by atoms with Crippen molar-refractivity contribution in [1.82, 2.24) is 15.3 Å². The van der Waals surface area contributed by atoms with E-state index in [1.54, 1.807) is 6.07 Å². The maximum absolute atomic E-state index is 11.8. The van der Waals surface area contributed by atoms with Crippen molar-refractivity contribution in [3.05, 3.63) is 51.9 Å². The average molecular weight is 285 g/mol. The molecule has 4 nitrogen and oxygen atoms in total. The van der Waals surface area contributed by atoms with Crippen LogP contribution in [0.5, 0.6) is 0 Å². The number of benzene rings is 1. The topological polar surface area (TPSA) is 57.8 Å². The van der Waals surface area contributed by atoms with Crippen LogP contribution in [-0.2, 0) is 6.54 Å². The van der Waals surface area contributed by atoms with Crippen LogP contribution in [0.25, 0.3) is 11.4 Å². The quantitative estimate of drug-likeness (QED) is 0.887. The van der Waals surface area contributed by atoms with Gasteiger partial charge in [0.1, 0.15) is 5.82 Å². The summed E-state index contributed by atoms with van der Waals surface area (Å²) in [7, 11) is 0. The number of nitrogens with one attached hydrogen (secondary N) is 2. The summed E-state index contributed by atoms with van der Waals surface area (Å²) in [6.07, 6.45) is 0. The molecule has 4 heteroatoms. The van der Waals surface area contributed by atoms with E-state index < -0.39 is 0 Å². The normalized spacial score (nSPS) is 11.3. The second kappa shape index (κ2) is 6.68. The molecule has 0 aliphatic rings. The fourth-order valence-corrected chi connectivity index (χ4v) is 2.07. The maximum atomic E-state index is 11.8. The number of rotatable bonds is 5. The van der Waals surface area contributed by atoms with Gasteiger partial charge in [0, 0.05) is 24.2 Å².